The number of likely N-dealkylation sites (tertiary alicyclic amines) is 1. The third-order valence-electron chi connectivity index (χ3n) is 8.47. The summed E-state index contributed by atoms with van der Waals surface area (Å²) in [6, 6.07) is 8.28. The molecule has 2 atom stereocenters. The summed E-state index contributed by atoms with van der Waals surface area (Å²) in [6.07, 6.45) is 9.42. The molecule has 36 heavy (non-hydrogen) atoms. The molecule has 5 nitrogen and oxygen atoms in total. The summed E-state index contributed by atoms with van der Waals surface area (Å²) in [6.45, 7) is 17.5. The molecule has 0 aliphatic carbocycles. The van der Waals surface area contributed by atoms with Crippen LogP contribution in [-0.2, 0) is 20.6 Å². The lowest BCUT2D eigenvalue weighted by Gasteiger charge is -2.32. The predicted octanol–water partition coefficient (Wildman–Crippen LogP) is 7.20. The number of ether oxygens (including phenoxy) is 1. The monoisotopic (exact) mass is 497 g/mol. The summed E-state index contributed by atoms with van der Waals surface area (Å²) in [7, 11) is 1.58. The number of unbranched alkanes of at least 4 members (excludes halogenated alkanes) is 4. The van der Waals surface area contributed by atoms with E-state index in [1.165, 1.54) is 12.8 Å². The van der Waals surface area contributed by atoms with Crippen LogP contribution in [0.1, 0.15) is 98.5 Å². The molecule has 0 aromatic heterocycles. The molecule has 200 valence electrons. The molecule has 0 spiro atoms. The zero-order valence-corrected chi connectivity index (χ0v) is 23.8. The van der Waals surface area contributed by atoms with E-state index in [1.807, 2.05) is 12.1 Å². The molecular weight excluding hydrogens is 449 g/mol. The molecule has 0 N–H and O–H groups in total. The third-order valence-corrected chi connectivity index (χ3v) is 8.47. The molecule has 2 aliphatic heterocycles. The first-order chi connectivity index (χ1) is 16.9. The molecule has 2 fully saturated rings. The van der Waals surface area contributed by atoms with Crippen molar-refractivity contribution in [3.63, 3.8) is 0 Å². The minimum absolute atomic E-state index is 0.0908. The summed E-state index contributed by atoms with van der Waals surface area (Å²) >= 11 is 0. The van der Waals surface area contributed by atoms with Crippen LogP contribution in [0.2, 0.25) is 6.32 Å². The maximum Gasteiger partial charge on any atom is 0.457 e. The van der Waals surface area contributed by atoms with E-state index in [0.29, 0.717) is 12.5 Å². The first-order valence-electron chi connectivity index (χ1n) is 13.8. The van der Waals surface area contributed by atoms with Crippen LogP contribution in [0.4, 0.5) is 0 Å². The minimum atomic E-state index is -0.282. The Labute approximate surface area is 220 Å². The zero-order chi connectivity index (χ0) is 26.6. The molecular formula is C30H48BNO4. The second kappa shape index (κ2) is 11.7. The number of hydrogen-bond donors (Lipinski definition) is 0. The zero-order valence-electron chi connectivity index (χ0n) is 23.8. The highest BCUT2D eigenvalue weighted by Crippen LogP contribution is 2.43. The summed E-state index contributed by atoms with van der Waals surface area (Å²) in [5.41, 5.74) is 1.50. The highest BCUT2D eigenvalue weighted by Gasteiger charge is 2.50. The van der Waals surface area contributed by atoms with Gasteiger partial charge in [0.1, 0.15) is 5.75 Å². The van der Waals surface area contributed by atoms with Gasteiger partial charge >= 0.3 is 7.12 Å². The molecule has 1 aromatic rings. The van der Waals surface area contributed by atoms with Gasteiger partial charge in [-0.1, -0.05) is 56.7 Å². The van der Waals surface area contributed by atoms with Crippen molar-refractivity contribution in [2.75, 3.05) is 7.11 Å². The van der Waals surface area contributed by atoms with Crippen molar-refractivity contribution in [2.24, 2.45) is 5.41 Å². The predicted molar refractivity (Wildman–Crippen MR) is 148 cm³/mol. The average Bonchev–Trinajstić information content (AvgIpc) is 3.15. The Balaban J connectivity index is 1.44. The topological polar surface area (TPSA) is 48.0 Å². The van der Waals surface area contributed by atoms with E-state index >= 15 is 0 Å². The molecule has 2 aliphatic rings. The van der Waals surface area contributed by atoms with Gasteiger partial charge in [0.05, 0.1) is 18.3 Å². The fraction of sp³-hybridized carbons (Fsp3) is 0.700. The second-order valence-electron chi connectivity index (χ2n) is 12.4. The lowest BCUT2D eigenvalue weighted by atomic mass is 9.80. The Kier molecular flexibility index (Phi) is 9.38. The Hall–Kier alpha value is -1.79. The smallest absolute Gasteiger partial charge is 0.457 e. The molecule has 1 aromatic carbocycles. The van der Waals surface area contributed by atoms with Gasteiger partial charge in [-0.05, 0) is 77.9 Å². The van der Waals surface area contributed by atoms with Crippen LogP contribution in [0.3, 0.4) is 0 Å². The molecule has 0 radical (unpaired) electrons. The SMILES string of the molecule is C=C(C)C[C@@H]1C[C@](C)(CCCCCCCB2OC(C)(C)C(C)(C)O2)C(=O)N1Cc1ccc(OC)cc1. The van der Waals surface area contributed by atoms with Crippen LogP contribution in [0.15, 0.2) is 36.4 Å². The molecule has 3 rings (SSSR count). The molecule has 1 amide bonds. The highest BCUT2D eigenvalue weighted by molar-refractivity contribution is 6.45. The average molecular weight is 498 g/mol. The Morgan fingerprint density at radius 2 is 1.61 bits per heavy atom. The van der Waals surface area contributed by atoms with Crippen LogP contribution in [0.5, 0.6) is 5.75 Å². The van der Waals surface area contributed by atoms with Crippen LogP contribution >= 0.6 is 0 Å². The number of rotatable bonds is 13. The van der Waals surface area contributed by atoms with Crippen molar-refractivity contribution in [3.8, 4) is 5.75 Å². The Morgan fingerprint density at radius 1 is 1.03 bits per heavy atom. The fourth-order valence-corrected chi connectivity index (χ4v) is 5.59. The van der Waals surface area contributed by atoms with Crippen LogP contribution in [0.25, 0.3) is 0 Å². The minimum Gasteiger partial charge on any atom is -0.497 e. The van der Waals surface area contributed by atoms with Gasteiger partial charge in [-0.15, -0.1) is 6.58 Å². The molecule has 0 saturated carbocycles. The fourth-order valence-electron chi connectivity index (χ4n) is 5.59. The molecule has 0 bridgehead atoms. The van der Waals surface area contributed by atoms with Crippen LogP contribution in [-0.4, -0.2) is 42.3 Å². The highest BCUT2D eigenvalue weighted by atomic mass is 16.7. The third kappa shape index (κ3) is 6.95. The van der Waals surface area contributed by atoms with Gasteiger partial charge in [-0.25, -0.2) is 0 Å². The second-order valence-corrected chi connectivity index (χ2v) is 12.4. The first-order valence-corrected chi connectivity index (χ1v) is 13.8. The number of carbonyl (C=O) groups excluding carboxylic acids is 1. The maximum absolute atomic E-state index is 13.6. The normalized spacial score (nSPS) is 25.0. The van der Waals surface area contributed by atoms with Crippen molar-refractivity contribution in [3.05, 3.63) is 42.0 Å². The van der Waals surface area contributed by atoms with E-state index in [4.69, 9.17) is 14.0 Å². The summed E-state index contributed by atoms with van der Waals surface area (Å²) < 4.78 is 17.5. The van der Waals surface area contributed by atoms with Gasteiger partial charge in [0, 0.05) is 18.0 Å². The van der Waals surface area contributed by atoms with Crippen molar-refractivity contribution >= 4 is 13.0 Å². The van der Waals surface area contributed by atoms with Crippen LogP contribution in [0, 0.1) is 5.41 Å². The van der Waals surface area contributed by atoms with Crippen LogP contribution < -0.4 is 4.74 Å². The maximum atomic E-state index is 13.6. The molecule has 2 saturated heterocycles. The van der Waals surface area contributed by atoms with E-state index in [9.17, 15) is 4.79 Å². The van der Waals surface area contributed by atoms with E-state index < -0.39 is 0 Å². The van der Waals surface area contributed by atoms with Crippen molar-refractivity contribution < 1.29 is 18.8 Å². The van der Waals surface area contributed by atoms with E-state index in [-0.39, 0.29) is 29.8 Å². The van der Waals surface area contributed by atoms with Gasteiger partial charge in [-0.2, -0.15) is 0 Å². The summed E-state index contributed by atoms with van der Waals surface area (Å²) in [5.74, 6) is 1.14. The number of nitrogens with zero attached hydrogens (tertiary/aromatic N) is 1. The van der Waals surface area contributed by atoms with Crippen molar-refractivity contribution in [1.82, 2.24) is 4.90 Å². The number of methoxy groups -OCH3 is 1. The van der Waals surface area contributed by atoms with E-state index in [0.717, 1.165) is 61.7 Å². The lowest BCUT2D eigenvalue weighted by Crippen LogP contribution is -2.41. The Morgan fingerprint density at radius 3 is 2.19 bits per heavy atom. The van der Waals surface area contributed by atoms with Gasteiger partial charge in [-0.3, -0.25) is 4.79 Å². The number of hydrogen-bond acceptors (Lipinski definition) is 4. The number of benzene rings is 1. The standard InChI is InChI=1S/C30H48BNO4/c1-23(2)20-25-21-30(7,27(33)32(25)22-24-14-16-26(34-8)17-15-24)18-12-10-9-11-13-19-31-35-28(3,4)29(5,6)36-31/h14-17,25H,1,9-13,18-22H2,2-8H3/t25-,30+/m1/s1. The van der Waals surface area contributed by atoms with Gasteiger partial charge in [0.25, 0.3) is 0 Å². The molecule has 2 heterocycles. The molecule has 6 heteroatoms. The first kappa shape index (κ1) is 28.8. The summed E-state index contributed by atoms with van der Waals surface area (Å²) in [5, 5.41) is 0. The number of amides is 1. The number of carbonyl (C=O) groups is 1. The van der Waals surface area contributed by atoms with Gasteiger partial charge in [0.2, 0.25) is 5.91 Å². The van der Waals surface area contributed by atoms with Crippen molar-refractivity contribution in [2.45, 2.75) is 123 Å². The summed E-state index contributed by atoms with van der Waals surface area (Å²) in [4.78, 5) is 15.7. The largest absolute Gasteiger partial charge is 0.497 e. The molecule has 0 unspecified atom stereocenters. The van der Waals surface area contributed by atoms with Gasteiger partial charge in [0.15, 0.2) is 0 Å². The van der Waals surface area contributed by atoms with E-state index in [1.54, 1.807) is 7.11 Å². The van der Waals surface area contributed by atoms with Crippen molar-refractivity contribution in [1.29, 1.82) is 0 Å². The lowest BCUT2D eigenvalue weighted by molar-refractivity contribution is -0.137. The van der Waals surface area contributed by atoms with Gasteiger partial charge < -0.3 is 18.9 Å². The quantitative estimate of drug-likeness (QED) is 0.164. The van der Waals surface area contributed by atoms with E-state index in [2.05, 4.69) is 65.2 Å². The Bertz CT molecular complexity index is 881.